The van der Waals surface area contributed by atoms with Crippen molar-refractivity contribution in [3.05, 3.63) is 18.3 Å². The number of anilines is 2. The smallest absolute Gasteiger partial charge is 0.224 e. The van der Waals surface area contributed by atoms with Crippen LogP contribution >= 0.6 is 0 Å². The van der Waals surface area contributed by atoms with Crippen molar-refractivity contribution in [3.8, 4) is 0 Å². The van der Waals surface area contributed by atoms with Gasteiger partial charge < -0.3 is 20.3 Å². The Morgan fingerprint density at radius 2 is 2.20 bits per heavy atom. The van der Waals surface area contributed by atoms with Gasteiger partial charge in [0.1, 0.15) is 5.82 Å². The van der Waals surface area contributed by atoms with Crippen LogP contribution in [0.1, 0.15) is 13.3 Å². The second kappa shape index (κ2) is 7.69. The molecular weight excluding hydrogens is 256 g/mol. The van der Waals surface area contributed by atoms with Gasteiger partial charge in [-0.25, -0.2) is 4.98 Å². The van der Waals surface area contributed by atoms with E-state index in [2.05, 4.69) is 15.6 Å². The first-order chi connectivity index (χ1) is 9.79. The molecule has 1 fully saturated rings. The minimum Gasteiger partial charge on any atom is -0.384 e. The third kappa shape index (κ3) is 4.38. The van der Waals surface area contributed by atoms with Crippen LogP contribution in [0.15, 0.2) is 18.3 Å². The maximum atomic E-state index is 12.0. The van der Waals surface area contributed by atoms with Crippen LogP contribution in [0, 0.1) is 0 Å². The van der Waals surface area contributed by atoms with E-state index in [0.717, 1.165) is 18.1 Å². The summed E-state index contributed by atoms with van der Waals surface area (Å²) >= 11 is 0. The highest BCUT2D eigenvalue weighted by atomic mass is 16.5. The van der Waals surface area contributed by atoms with E-state index in [9.17, 15) is 4.79 Å². The van der Waals surface area contributed by atoms with Crippen LogP contribution in [0.4, 0.5) is 11.5 Å². The van der Waals surface area contributed by atoms with E-state index in [1.807, 2.05) is 24.0 Å². The molecule has 0 atom stereocenters. The number of carbonyl (C=O) groups excluding carboxylic acids is 1. The lowest BCUT2D eigenvalue weighted by Crippen LogP contribution is -2.41. The maximum absolute atomic E-state index is 12.0. The first kappa shape index (κ1) is 14.6. The molecule has 0 radical (unpaired) electrons. The Morgan fingerprint density at radius 3 is 2.95 bits per heavy atom. The summed E-state index contributed by atoms with van der Waals surface area (Å²) in [5, 5.41) is 6.41. The lowest BCUT2D eigenvalue weighted by Gasteiger charge is -2.26. The average Bonchev–Trinajstić information content (AvgIpc) is 2.49. The normalized spacial score (nSPS) is 14.9. The Morgan fingerprint density at radius 1 is 1.40 bits per heavy atom. The van der Waals surface area contributed by atoms with E-state index >= 15 is 0 Å². The van der Waals surface area contributed by atoms with Crippen molar-refractivity contribution in [3.63, 3.8) is 0 Å². The third-order valence-corrected chi connectivity index (χ3v) is 3.15. The van der Waals surface area contributed by atoms with Crippen LogP contribution in [0.2, 0.25) is 0 Å². The summed E-state index contributed by atoms with van der Waals surface area (Å²) in [6.45, 7) is 6.21. The van der Waals surface area contributed by atoms with Gasteiger partial charge in [-0.2, -0.15) is 0 Å². The molecule has 20 heavy (non-hydrogen) atoms. The van der Waals surface area contributed by atoms with Gasteiger partial charge in [0.25, 0.3) is 0 Å². The molecule has 1 aromatic heterocycles. The molecule has 6 heteroatoms. The monoisotopic (exact) mass is 278 g/mol. The standard InChI is InChI=1S/C14H22N4O2/c1-2-15-13-11-12(3-5-17-13)16-6-4-14(19)18-7-9-20-10-8-18/h3,5,11H,2,4,6-10H2,1H3,(H2,15,16,17). The number of ether oxygens (including phenoxy) is 1. The number of rotatable bonds is 6. The zero-order valence-electron chi connectivity index (χ0n) is 11.9. The van der Waals surface area contributed by atoms with Gasteiger partial charge in [-0.1, -0.05) is 0 Å². The van der Waals surface area contributed by atoms with Crippen molar-refractivity contribution < 1.29 is 9.53 Å². The Hall–Kier alpha value is -1.82. The van der Waals surface area contributed by atoms with Gasteiger partial charge in [-0.05, 0) is 13.0 Å². The largest absolute Gasteiger partial charge is 0.384 e. The molecule has 1 aliphatic heterocycles. The number of hydrogen-bond acceptors (Lipinski definition) is 5. The van der Waals surface area contributed by atoms with Crippen molar-refractivity contribution in [2.75, 3.05) is 50.0 Å². The fourth-order valence-electron chi connectivity index (χ4n) is 2.10. The molecule has 1 amide bonds. The SMILES string of the molecule is CCNc1cc(NCCC(=O)N2CCOCC2)ccn1. The van der Waals surface area contributed by atoms with Gasteiger partial charge in [0, 0.05) is 50.6 Å². The van der Waals surface area contributed by atoms with Gasteiger partial charge in [0.2, 0.25) is 5.91 Å². The molecule has 0 bridgehead atoms. The van der Waals surface area contributed by atoms with Crippen LogP contribution in [-0.2, 0) is 9.53 Å². The van der Waals surface area contributed by atoms with E-state index in [1.165, 1.54) is 0 Å². The number of aromatic nitrogens is 1. The first-order valence-electron chi connectivity index (χ1n) is 7.09. The molecule has 0 unspecified atom stereocenters. The van der Waals surface area contributed by atoms with Crippen LogP contribution in [0.5, 0.6) is 0 Å². The zero-order chi connectivity index (χ0) is 14.2. The van der Waals surface area contributed by atoms with Crippen LogP contribution < -0.4 is 10.6 Å². The van der Waals surface area contributed by atoms with E-state index in [0.29, 0.717) is 39.3 Å². The van der Waals surface area contributed by atoms with Crippen LogP contribution in [0.3, 0.4) is 0 Å². The van der Waals surface area contributed by atoms with Crippen LogP contribution in [-0.4, -0.2) is 55.2 Å². The van der Waals surface area contributed by atoms with E-state index in [-0.39, 0.29) is 5.91 Å². The van der Waals surface area contributed by atoms with Gasteiger partial charge in [-0.3, -0.25) is 4.79 Å². The summed E-state index contributed by atoms with van der Waals surface area (Å²) < 4.78 is 5.24. The molecule has 2 N–H and O–H groups in total. The minimum absolute atomic E-state index is 0.182. The summed E-state index contributed by atoms with van der Waals surface area (Å²) in [4.78, 5) is 18.0. The fraction of sp³-hybridized carbons (Fsp3) is 0.571. The number of morpholine rings is 1. The quantitative estimate of drug-likeness (QED) is 0.818. The number of pyridine rings is 1. The third-order valence-electron chi connectivity index (χ3n) is 3.15. The molecule has 2 heterocycles. The summed E-state index contributed by atoms with van der Waals surface area (Å²) in [5.74, 6) is 1.03. The van der Waals surface area contributed by atoms with Gasteiger partial charge in [0.15, 0.2) is 0 Å². The number of hydrogen-bond donors (Lipinski definition) is 2. The summed E-state index contributed by atoms with van der Waals surface area (Å²) in [5.41, 5.74) is 0.978. The molecule has 1 aromatic rings. The average molecular weight is 278 g/mol. The molecule has 0 aliphatic carbocycles. The van der Waals surface area contributed by atoms with E-state index < -0.39 is 0 Å². The molecule has 1 aliphatic rings. The highest BCUT2D eigenvalue weighted by Crippen LogP contribution is 2.11. The molecule has 1 saturated heterocycles. The Balaban J connectivity index is 1.74. The number of amides is 1. The highest BCUT2D eigenvalue weighted by molar-refractivity contribution is 5.76. The first-order valence-corrected chi connectivity index (χ1v) is 7.09. The Bertz CT molecular complexity index is 433. The summed E-state index contributed by atoms with van der Waals surface area (Å²) in [6.07, 6.45) is 2.25. The van der Waals surface area contributed by atoms with Crippen molar-refractivity contribution in [2.45, 2.75) is 13.3 Å². The summed E-state index contributed by atoms with van der Waals surface area (Å²) in [7, 11) is 0. The number of nitrogens with zero attached hydrogens (tertiary/aromatic N) is 2. The molecule has 2 rings (SSSR count). The topological polar surface area (TPSA) is 66.5 Å². The van der Waals surface area contributed by atoms with Crippen molar-refractivity contribution in [2.24, 2.45) is 0 Å². The summed E-state index contributed by atoms with van der Waals surface area (Å²) in [6, 6.07) is 3.85. The number of nitrogens with one attached hydrogen (secondary N) is 2. The lowest BCUT2D eigenvalue weighted by molar-refractivity contribution is -0.134. The second-order valence-electron chi connectivity index (χ2n) is 4.63. The fourth-order valence-corrected chi connectivity index (χ4v) is 2.10. The predicted molar refractivity (Wildman–Crippen MR) is 78.9 cm³/mol. The predicted octanol–water partition coefficient (Wildman–Crippen LogP) is 1.17. The molecular formula is C14H22N4O2. The maximum Gasteiger partial charge on any atom is 0.224 e. The minimum atomic E-state index is 0.182. The number of carbonyl (C=O) groups is 1. The lowest BCUT2D eigenvalue weighted by atomic mass is 10.3. The van der Waals surface area contributed by atoms with E-state index in [1.54, 1.807) is 6.20 Å². The second-order valence-corrected chi connectivity index (χ2v) is 4.63. The van der Waals surface area contributed by atoms with Gasteiger partial charge >= 0.3 is 0 Å². The van der Waals surface area contributed by atoms with E-state index in [4.69, 9.17) is 4.74 Å². The molecule has 6 nitrogen and oxygen atoms in total. The Kier molecular flexibility index (Phi) is 5.61. The van der Waals surface area contributed by atoms with Gasteiger partial charge in [-0.15, -0.1) is 0 Å². The zero-order valence-corrected chi connectivity index (χ0v) is 11.9. The van der Waals surface area contributed by atoms with Crippen molar-refractivity contribution in [1.82, 2.24) is 9.88 Å². The molecule has 0 aromatic carbocycles. The molecule has 0 saturated carbocycles. The van der Waals surface area contributed by atoms with Gasteiger partial charge in [0.05, 0.1) is 13.2 Å². The molecule has 0 spiro atoms. The highest BCUT2D eigenvalue weighted by Gasteiger charge is 2.15. The van der Waals surface area contributed by atoms with Crippen molar-refractivity contribution in [1.29, 1.82) is 0 Å². The van der Waals surface area contributed by atoms with Crippen LogP contribution in [0.25, 0.3) is 0 Å². The Labute approximate surface area is 119 Å². The van der Waals surface area contributed by atoms with Crippen molar-refractivity contribution >= 4 is 17.4 Å². The molecule has 110 valence electrons.